The quantitative estimate of drug-likeness (QED) is 0.0726. The van der Waals surface area contributed by atoms with Gasteiger partial charge in [-0.25, -0.2) is 0 Å². The van der Waals surface area contributed by atoms with E-state index in [0.29, 0.717) is 0 Å². The lowest BCUT2D eigenvalue weighted by atomic mass is 10.0. The molecule has 1 heterocycles. The average Bonchev–Trinajstić information content (AvgIpc) is 2.90. The highest BCUT2D eigenvalue weighted by molar-refractivity contribution is 5.40. The van der Waals surface area contributed by atoms with Crippen molar-refractivity contribution in [2.24, 2.45) is 0 Å². The Morgan fingerprint density at radius 3 is 1.38 bits per heavy atom. The van der Waals surface area contributed by atoms with Crippen molar-refractivity contribution in [1.82, 2.24) is 0 Å². The Kier molecular flexibility index (Phi) is 29.4. The molecular weight excluding hydrogens is 514 g/mol. The van der Waals surface area contributed by atoms with Crippen LogP contribution in [0.2, 0.25) is 0 Å². The Labute approximate surface area is 244 Å². The Hall–Kier alpha value is -0.630. The van der Waals surface area contributed by atoms with E-state index in [1.807, 2.05) is 0 Å². The fourth-order valence-corrected chi connectivity index (χ4v) is 5.27. The maximum absolute atomic E-state index is 2.45. The molecule has 0 radical (unpaired) electrons. The number of rotatable bonds is 27. The molecule has 216 valence electrons. The Bertz CT molecular complexity index is 597. The molecular formula is C35H64BrN. The number of aromatic nitrogens is 1. The first kappa shape index (κ1) is 36.4. The summed E-state index contributed by atoms with van der Waals surface area (Å²) in [5, 5.41) is 0. The van der Waals surface area contributed by atoms with Gasteiger partial charge in [0.2, 0.25) is 5.69 Å². The van der Waals surface area contributed by atoms with Gasteiger partial charge in [-0.3, -0.25) is 0 Å². The summed E-state index contributed by atoms with van der Waals surface area (Å²) in [5.41, 5.74) is 1.37. The van der Waals surface area contributed by atoms with Gasteiger partial charge in [-0.2, -0.15) is 4.57 Å². The van der Waals surface area contributed by atoms with Crippen molar-refractivity contribution in [2.45, 2.75) is 181 Å². The highest BCUT2D eigenvalue weighted by atomic mass is 79.9. The van der Waals surface area contributed by atoms with Crippen LogP contribution in [-0.2, 0) is 6.54 Å². The van der Waals surface area contributed by atoms with Gasteiger partial charge in [-0.05, 0) is 25.3 Å². The van der Waals surface area contributed by atoms with Gasteiger partial charge >= 0.3 is 0 Å². The molecule has 0 atom stereocenters. The standard InChI is InChI=1S/C35H64N.BrH/c1-3-5-7-9-11-13-15-17-18-20-22-24-26-29-33-36-34-30-28-32-35(36)31-27-25-23-21-19-16-14-12-10-8-6-4-2;/h27-28,30-32,34H,3-26,29,33H2,1-2H3;1H/q+1;/p-1. The summed E-state index contributed by atoms with van der Waals surface area (Å²) in [4.78, 5) is 0. The summed E-state index contributed by atoms with van der Waals surface area (Å²) < 4.78 is 2.45. The van der Waals surface area contributed by atoms with Crippen LogP contribution >= 0.6 is 0 Å². The third kappa shape index (κ3) is 24.2. The van der Waals surface area contributed by atoms with Crippen molar-refractivity contribution in [3.05, 3.63) is 36.2 Å². The van der Waals surface area contributed by atoms with Gasteiger partial charge in [0.1, 0.15) is 6.54 Å². The largest absolute Gasteiger partial charge is 1.00 e. The van der Waals surface area contributed by atoms with Crippen molar-refractivity contribution in [1.29, 1.82) is 0 Å². The van der Waals surface area contributed by atoms with Gasteiger partial charge in [0.05, 0.1) is 0 Å². The van der Waals surface area contributed by atoms with Crippen molar-refractivity contribution in [3.8, 4) is 0 Å². The predicted molar refractivity (Wildman–Crippen MR) is 162 cm³/mol. The van der Waals surface area contributed by atoms with E-state index in [1.165, 1.54) is 166 Å². The zero-order chi connectivity index (χ0) is 25.8. The second-order valence-electron chi connectivity index (χ2n) is 11.3. The monoisotopic (exact) mass is 577 g/mol. The van der Waals surface area contributed by atoms with Crippen molar-refractivity contribution < 1.29 is 21.5 Å². The maximum Gasteiger partial charge on any atom is 0.204 e. The molecule has 0 saturated carbocycles. The van der Waals surface area contributed by atoms with Crippen LogP contribution in [0, 0.1) is 0 Å². The summed E-state index contributed by atoms with van der Waals surface area (Å²) in [7, 11) is 0. The maximum atomic E-state index is 2.45. The summed E-state index contributed by atoms with van der Waals surface area (Å²) in [6.07, 6.45) is 42.4. The summed E-state index contributed by atoms with van der Waals surface area (Å²) in [5.74, 6) is 0. The number of hydrogen-bond donors (Lipinski definition) is 0. The molecule has 0 unspecified atom stereocenters. The molecule has 0 spiro atoms. The fraction of sp³-hybridized carbons (Fsp3) is 0.800. The van der Waals surface area contributed by atoms with Crippen LogP contribution in [-0.4, -0.2) is 0 Å². The summed E-state index contributed by atoms with van der Waals surface area (Å²) >= 11 is 0. The zero-order valence-electron chi connectivity index (χ0n) is 25.2. The predicted octanol–water partition coefficient (Wildman–Crippen LogP) is 8.78. The minimum Gasteiger partial charge on any atom is -1.00 e. The first-order valence-electron chi connectivity index (χ1n) is 16.5. The zero-order valence-corrected chi connectivity index (χ0v) is 26.8. The van der Waals surface area contributed by atoms with Gasteiger partial charge < -0.3 is 17.0 Å². The minimum absolute atomic E-state index is 0. The first-order chi connectivity index (χ1) is 17.9. The van der Waals surface area contributed by atoms with E-state index in [1.54, 1.807) is 0 Å². The highest BCUT2D eigenvalue weighted by Gasteiger charge is 2.05. The molecule has 0 amide bonds. The normalized spacial score (nSPS) is 11.3. The smallest absolute Gasteiger partial charge is 0.204 e. The first-order valence-corrected chi connectivity index (χ1v) is 16.5. The summed E-state index contributed by atoms with van der Waals surface area (Å²) in [6.45, 7) is 5.76. The number of nitrogens with zero attached hydrogens (tertiary/aromatic N) is 1. The molecule has 0 N–H and O–H groups in total. The minimum atomic E-state index is 0. The number of halogens is 1. The molecule has 0 fully saturated rings. The van der Waals surface area contributed by atoms with Crippen LogP contribution in [0.1, 0.15) is 180 Å². The molecule has 0 bridgehead atoms. The molecule has 2 heteroatoms. The molecule has 1 aromatic heterocycles. The lowest BCUT2D eigenvalue weighted by Gasteiger charge is -2.03. The lowest BCUT2D eigenvalue weighted by molar-refractivity contribution is -0.699. The molecule has 37 heavy (non-hydrogen) atoms. The molecule has 0 saturated heterocycles. The lowest BCUT2D eigenvalue weighted by Crippen LogP contribution is -3.00. The van der Waals surface area contributed by atoms with Crippen molar-refractivity contribution in [3.63, 3.8) is 0 Å². The highest BCUT2D eigenvalue weighted by Crippen LogP contribution is 2.14. The number of unbranched alkanes of at least 4 members (excludes halogenated alkanes) is 23. The molecule has 0 aromatic carbocycles. The SMILES string of the molecule is CCCCCCCCCCCCC=Cc1cccc[n+]1CCCCCCCCCCCCCCCC.[Br-]. The van der Waals surface area contributed by atoms with Crippen LogP contribution in [0.15, 0.2) is 30.5 Å². The topological polar surface area (TPSA) is 3.88 Å². The molecule has 1 rings (SSSR count). The number of pyridine rings is 1. The number of hydrogen-bond acceptors (Lipinski definition) is 0. The molecule has 0 aliphatic heterocycles. The van der Waals surface area contributed by atoms with Crippen LogP contribution in [0.5, 0.6) is 0 Å². The van der Waals surface area contributed by atoms with Crippen molar-refractivity contribution >= 4 is 6.08 Å². The Morgan fingerprint density at radius 1 is 0.514 bits per heavy atom. The third-order valence-corrected chi connectivity index (χ3v) is 7.74. The van der Waals surface area contributed by atoms with Gasteiger partial charge in [-0.1, -0.05) is 155 Å². The molecule has 0 aliphatic rings. The van der Waals surface area contributed by atoms with Crippen LogP contribution in [0.25, 0.3) is 6.08 Å². The van der Waals surface area contributed by atoms with E-state index in [-0.39, 0.29) is 17.0 Å². The van der Waals surface area contributed by atoms with E-state index < -0.39 is 0 Å². The second kappa shape index (κ2) is 29.9. The Morgan fingerprint density at radius 2 is 0.919 bits per heavy atom. The fourth-order valence-electron chi connectivity index (χ4n) is 5.27. The molecule has 1 nitrogen and oxygen atoms in total. The Balaban J connectivity index is 0.0000130. The number of aryl methyl sites for hydroxylation is 1. The second-order valence-corrected chi connectivity index (χ2v) is 11.3. The molecule has 1 aromatic rings. The van der Waals surface area contributed by atoms with Gasteiger partial charge in [0.25, 0.3) is 0 Å². The van der Waals surface area contributed by atoms with E-state index in [0.717, 1.165) is 6.54 Å². The van der Waals surface area contributed by atoms with Gasteiger partial charge in [0, 0.05) is 24.6 Å². The van der Waals surface area contributed by atoms with E-state index in [9.17, 15) is 0 Å². The number of allylic oxidation sites excluding steroid dienone is 1. The van der Waals surface area contributed by atoms with E-state index >= 15 is 0 Å². The third-order valence-electron chi connectivity index (χ3n) is 7.74. The summed E-state index contributed by atoms with van der Waals surface area (Å²) in [6, 6.07) is 6.64. The van der Waals surface area contributed by atoms with E-state index in [2.05, 4.69) is 55.0 Å². The van der Waals surface area contributed by atoms with E-state index in [4.69, 9.17) is 0 Å². The van der Waals surface area contributed by atoms with Gasteiger partial charge in [-0.15, -0.1) is 0 Å². The van der Waals surface area contributed by atoms with Crippen LogP contribution in [0.3, 0.4) is 0 Å². The molecule has 0 aliphatic carbocycles. The van der Waals surface area contributed by atoms with Gasteiger partial charge in [0.15, 0.2) is 6.20 Å². The van der Waals surface area contributed by atoms with Crippen molar-refractivity contribution in [2.75, 3.05) is 0 Å². The average molecular weight is 579 g/mol. The van der Waals surface area contributed by atoms with Crippen LogP contribution < -0.4 is 21.5 Å². The van der Waals surface area contributed by atoms with Crippen LogP contribution in [0.4, 0.5) is 0 Å².